The van der Waals surface area contributed by atoms with Gasteiger partial charge in [0.1, 0.15) is 0 Å². The van der Waals surface area contributed by atoms with E-state index >= 15 is 0 Å². The molecule has 1 nitrogen and oxygen atoms in total. The molecule has 0 radical (unpaired) electrons. The van der Waals surface area contributed by atoms with Crippen molar-refractivity contribution < 1.29 is 0 Å². The van der Waals surface area contributed by atoms with Gasteiger partial charge in [-0.2, -0.15) is 0 Å². The van der Waals surface area contributed by atoms with Gasteiger partial charge in [-0.15, -0.1) is 11.8 Å². The summed E-state index contributed by atoms with van der Waals surface area (Å²) in [6, 6.07) is 17.6. The van der Waals surface area contributed by atoms with Crippen molar-refractivity contribution in [3.63, 3.8) is 0 Å². The molecule has 0 atom stereocenters. The molecule has 0 fully saturated rings. The van der Waals surface area contributed by atoms with Crippen molar-refractivity contribution in [3.8, 4) is 0 Å². The van der Waals surface area contributed by atoms with Crippen LogP contribution in [-0.2, 0) is 12.3 Å². The average Bonchev–Trinajstić information content (AvgIpc) is 2.43. The molecule has 1 N–H and O–H groups in total. The van der Waals surface area contributed by atoms with Crippen LogP contribution in [0.4, 0.5) is 0 Å². The maximum Gasteiger partial charge on any atom is 0.0232 e. The van der Waals surface area contributed by atoms with Gasteiger partial charge in [0, 0.05) is 22.7 Å². The summed E-state index contributed by atoms with van der Waals surface area (Å²) in [5.41, 5.74) is 4.22. The Labute approximate surface area is 133 Å². The van der Waals surface area contributed by atoms with Crippen molar-refractivity contribution >= 4 is 11.8 Å². The van der Waals surface area contributed by atoms with Crippen molar-refractivity contribution in [3.05, 3.63) is 65.2 Å². The van der Waals surface area contributed by atoms with E-state index in [1.807, 2.05) is 11.8 Å². The van der Waals surface area contributed by atoms with Crippen molar-refractivity contribution in [2.75, 3.05) is 0 Å². The van der Waals surface area contributed by atoms with E-state index < -0.39 is 0 Å². The van der Waals surface area contributed by atoms with E-state index in [0.717, 1.165) is 12.3 Å². The van der Waals surface area contributed by atoms with Gasteiger partial charge in [0.15, 0.2) is 0 Å². The quantitative estimate of drug-likeness (QED) is 0.764. The van der Waals surface area contributed by atoms with Gasteiger partial charge < -0.3 is 5.32 Å². The van der Waals surface area contributed by atoms with Crippen LogP contribution in [0.1, 0.15) is 37.5 Å². The first-order valence-electron chi connectivity index (χ1n) is 7.45. The third kappa shape index (κ3) is 5.94. The van der Waals surface area contributed by atoms with E-state index in [2.05, 4.69) is 81.5 Å². The Morgan fingerprint density at radius 3 is 2.29 bits per heavy atom. The van der Waals surface area contributed by atoms with Crippen LogP contribution in [-0.4, -0.2) is 5.54 Å². The average molecular weight is 299 g/mol. The van der Waals surface area contributed by atoms with Gasteiger partial charge in [-0.3, -0.25) is 0 Å². The number of thioether (sulfide) groups is 1. The van der Waals surface area contributed by atoms with E-state index in [1.54, 1.807) is 0 Å². The lowest BCUT2D eigenvalue weighted by molar-refractivity contribution is 0.424. The lowest BCUT2D eigenvalue weighted by atomic mass is 10.1. The second-order valence-electron chi connectivity index (χ2n) is 6.53. The Hall–Kier alpha value is -1.25. The zero-order chi connectivity index (χ0) is 15.3. The molecule has 0 aliphatic rings. The highest BCUT2D eigenvalue weighted by atomic mass is 32.2. The monoisotopic (exact) mass is 299 g/mol. The van der Waals surface area contributed by atoms with Crippen LogP contribution in [0, 0.1) is 6.92 Å². The van der Waals surface area contributed by atoms with Crippen LogP contribution < -0.4 is 5.32 Å². The SMILES string of the molecule is Cc1cccc(CSc2ccc(CNC(C)(C)C)cc2)c1. The molecule has 2 heteroatoms. The Kier molecular flexibility index (Phi) is 5.49. The topological polar surface area (TPSA) is 12.0 Å². The Morgan fingerprint density at radius 2 is 1.67 bits per heavy atom. The number of benzene rings is 2. The van der Waals surface area contributed by atoms with Gasteiger partial charge in [0.25, 0.3) is 0 Å². The van der Waals surface area contributed by atoms with Crippen LogP contribution in [0.2, 0.25) is 0 Å². The van der Waals surface area contributed by atoms with Gasteiger partial charge in [0.2, 0.25) is 0 Å². The van der Waals surface area contributed by atoms with E-state index in [1.165, 1.54) is 21.6 Å². The van der Waals surface area contributed by atoms with E-state index in [4.69, 9.17) is 0 Å². The molecule has 112 valence electrons. The third-order valence-corrected chi connectivity index (χ3v) is 4.32. The molecule has 21 heavy (non-hydrogen) atoms. The van der Waals surface area contributed by atoms with Crippen LogP contribution in [0.25, 0.3) is 0 Å². The lowest BCUT2D eigenvalue weighted by Crippen LogP contribution is -2.35. The zero-order valence-electron chi connectivity index (χ0n) is 13.4. The molecular weight excluding hydrogens is 274 g/mol. The van der Waals surface area contributed by atoms with Crippen LogP contribution in [0.5, 0.6) is 0 Å². The fourth-order valence-corrected chi connectivity index (χ4v) is 2.88. The molecule has 0 aliphatic carbocycles. The summed E-state index contributed by atoms with van der Waals surface area (Å²) in [7, 11) is 0. The number of hydrogen-bond acceptors (Lipinski definition) is 2. The predicted octanol–water partition coefficient (Wildman–Crippen LogP) is 5.18. The van der Waals surface area contributed by atoms with E-state index in [-0.39, 0.29) is 5.54 Å². The number of aryl methyl sites for hydroxylation is 1. The van der Waals surface area contributed by atoms with Crippen molar-refractivity contribution in [2.24, 2.45) is 0 Å². The molecule has 2 aromatic rings. The fourth-order valence-electron chi connectivity index (χ4n) is 2.04. The molecule has 0 saturated carbocycles. The van der Waals surface area contributed by atoms with Crippen molar-refractivity contribution in [1.29, 1.82) is 0 Å². The minimum absolute atomic E-state index is 0.165. The third-order valence-electron chi connectivity index (χ3n) is 3.23. The molecule has 0 aromatic heterocycles. The number of hydrogen-bond donors (Lipinski definition) is 1. The maximum absolute atomic E-state index is 3.51. The molecule has 2 rings (SSSR count). The summed E-state index contributed by atoms with van der Waals surface area (Å²) in [5, 5.41) is 3.51. The smallest absolute Gasteiger partial charge is 0.0232 e. The van der Waals surface area contributed by atoms with Gasteiger partial charge in [0.05, 0.1) is 0 Å². The van der Waals surface area contributed by atoms with Gasteiger partial charge in [-0.05, 0) is 51.0 Å². The van der Waals surface area contributed by atoms with Gasteiger partial charge >= 0.3 is 0 Å². The summed E-state index contributed by atoms with van der Waals surface area (Å²) in [6.07, 6.45) is 0. The van der Waals surface area contributed by atoms with Gasteiger partial charge in [-0.25, -0.2) is 0 Å². The van der Waals surface area contributed by atoms with Gasteiger partial charge in [-0.1, -0.05) is 42.0 Å². The van der Waals surface area contributed by atoms with E-state index in [9.17, 15) is 0 Å². The first-order valence-corrected chi connectivity index (χ1v) is 8.43. The highest BCUT2D eigenvalue weighted by Gasteiger charge is 2.08. The Balaban J connectivity index is 1.87. The summed E-state index contributed by atoms with van der Waals surface area (Å²) in [5.74, 6) is 1.03. The van der Waals surface area contributed by atoms with Crippen LogP contribution >= 0.6 is 11.8 Å². The first-order chi connectivity index (χ1) is 9.92. The van der Waals surface area contributed by atoms with E-state index in [0.29, 0.717) is 0 Å². The highest BCUT2D eigenvalue weighted by molar-refractivity contribution is 7.98. The van der Waals surface area contributed by atoms with Crippen molar-refractivity contribution in [2.45, 2.75) is 50.4 Å². The summed E-state index contributed by atoms with van der Waals surface area (Å²) in [6.45, 7) is 9.65. The number of nitrogens with one attached hydrogen (secondary N) is 1. The largest absolute Gasteiger partial charge is 0.308 e. The summed E-state index contributed by atoms with van der Waals surface area (Å²) < 4.78 is 0. The Morgan fingerprint density at radius 1 is 0.952 bits per heavy atom. The molecule has 2 aromatic carbocycles. The predicted molar refractivity (Wildman–Crippen MR) is 93.8 cm³/mol. The fraction of sp³-hybridized carbons (Fsp3) is 0.368. The van der Waals surface area contributed by atoms with Crippen LogP contribution in [0.3, 0.4) is 0 Å². The van der Waals surface area contributed by atoms with Crippen molar-refractivity contribution in [1.82, 2.24) is 5.32 Å². The molecule has 0 aliphatic heterocycles. The zero-order valence-corrected chi connectivity index (χ0v) is 14.3. The lowest BCUT2D eigenvalue weighted by Gasteiger charge is -2.20. The van der Waals surface area contributed by atoms with Crippen LogP contribution in [0.15, 0.2) is 53.4 Å². The molecule has 0 saturated heterocycles. The molecule has 0 bridgehead atoms. The molecular formula is C19H25NS. The Bertz CT molecular complexity index is 567. The molecule has 0 unspecified atom stereocenters. The second kappa shape index (κ2) is 7.15. The highest BCUT2D eigenvalue weighted by Crippen LogP contribution is 2.23. The first kappa shape index (κ1) is 16.1. The summed E-state index contributed by atoms with van der Waals surface area (Å²) >= 11 is 1.89. The normalized spacial score (nSPS) is 11.6. The molecule has 0 heterocycles. The minimum Gasteiger partial charge on any atom is -0.308 e. The standard InChI is InChI=1S/C19H25NS/c1-15-6-5-7-17(12-15)14-21-18-10-8-16(9-11-18)13-20-19(2,3)4/h5-12,20H,13-14H2,1-4H3. The summed E-state index contributed by atoms with van der Waals surface area (Å²) in [4.78, 5) is 1.33. The maximum atomic E-state index is 3.51. The molecule has 0 spiro atoms. The number of rotatable bonds is 5. The minimum atomic E-state index is 0.165. The second-order valence-corrected chi connectivity index (χ2v) is 7.57. The molecule has 0 amide bonds.